The SMILES string of the molecule is CC(C)c1cccc(C(C)C)c1[N-]C(c1cccc(-c2cccc3ccccc23)n1)c1ccccc1-c1ccccc1.CCCCN=Cc1ccccc1NS(=O)(=O)c1ccc(C)cc1.C[N-]c1ccc2ccccc2n1.[CH2-]c1ccccc1C.[CH2-]c1ccccc1C.[CH2-]c1ccccc1N(C)C.[CH2-]c1ccccc1N(C)C.[CH2-]c1ccccc1N(C)C.[CH2-]c1ccccc1N(C)C.[Cr+2].[Cr+2].[Cr]. The first-order chi connectivity index (χ1) is 63.9. The number of rotatable bonds is 20. The molecule has 704 valence electrons. The molecule has 1 N–H and O–H groups in total. The zero-order valence-electron chi connectivity index (χ0n) is 82.3. The van der Waals surface area contributed by atoms with Crippen molar-refractivity contribution in [2.75, 3.05) is 94.3 Å². The van der Waals surface area contributed by atoms with Crippen molar-refractivity contribution in [3.05, 3.63) is 494 Å². The Labute approximate surface area is 848 Å². The fraction of sp³-hybridized carbons (Fsp3) is 0.192. The molecule has 1 unspecified atom stereocenters. The smallest absolute Gasteiger partial charge is 0.673 e. The summed E-state index contributed by atoms with van der Waals surface area (Å²) < 4.78 is 27.6. The van der Waals surface area contributed by atoms with Gasteiger partial charge in [0, 0.05) is 46.9 Å². The molecule has 0 aliphatic heterocycles. The average molecular weight is 1940 g/mol. The molecular formula is C120H134Cr3N10O2S-4. The van der Waals surface area contributed by atoms with Crippen molar-refractivity contribution in [2.45, 2.75) is 91.0 Å². The summed E-state index contributed by atoms with van der Waals surface area (Å²) >= 11 is 0. The zero-order valence-corrected chi connectivity index (χ0v) is 86.9. The van der Waals surface area contributed by atoms with Crippen molar-refractivity contribution >= 4 is 77.9 Å². The van der Waals surface area contributed by atoms with E-state index in [1.54, 1.807) is 49.7 Å². The number of fused-ring (bicyclic) bond motifs is 2. The molecule has 0 radical (unpaired) electrons. The number of anilines is 5. The van der Waals surface area contributed by atoms with E-state index in [1.807, 2.05) is 221 Å². The molecule has 0 bridgehead atoms. The molecule has 16 rings (SSSR count). The van der Waals surface area contributed by atoms with E-state index in [-0.39, 0.29) is 63.0 Å². The van der Waals surface area contributed by atoms with E-state index in [9.17, 15) is 8.42 Å². The molecule has 0 saturated carbocycles. The third kappa shape index (κ3) is 35.6. The monoisotopic (exact) mass is 1930 g/mol. The third-order valence-corrected chi connectivity index (χ3v) is 23.1. The Morgan fingerprint density at radius 2 is 0.809 bits per heavy atom. The van der Waals surface area contributed by atoms with E-state index in [0.717, 1.165) is 109 Å². The molecule has 0 aliphatic rings. The molecule has 136 heavy (non-hydrogen) atoms. The Bertz CT molecular complexity index is 6070. The van der Waals surface area contributed by atoms with Crippen LogP contribution in [-0.2, 0) is 62.1 Å². The van der Waals surface area contributed by atoms with Gasteiger partial charge in [0.2, 0.25) is 0 Å². The molecule has 0 fully saturated rings. The second-order valence-corrected chi connectivity index (χ2v) is 35.2. The van der Waals surface area contributed by atoms with Crippen molar-refractivity contribution < 1.29 is 60.5 Å². The summed E-state index contributed by atoms with van der Waals surface area (Å²) in [6.45, 7) is 41.2. The van der Waals surface area contributed by atoms with E-state index < -0.39 is 10.0 Å². The minimum Gasteiger partial charge on any atom is -0.673 e. The fourth-order valence-corrected chi connectivity index (χ4v) is 15.2. The first kappa shape index (κ1) is 113. The van der Waals surface area contributed by atoms with Crippen LogP contribution in [0.4, 0.5) is 39.9 Å². The molecule has 0 aliphatic carbocycles. The van der Waals surface area contributed by atoms with E-state index in [2.05, 4.69) is 299 Å². The summed E-state index contributed by atoms with van der Waals surface area (Å²) in [6, 6.07) is 121. The molecule has 1 atom stereocenters. The molecule has 14 aromatic carbocycles. The Balaban J connectivity index is 0.000000294. The van der Waals surface area contributed by atoms with Gasteiger partial charge in [0.25, 0.3) is 10.0 Å². The number of unbranched alkanes of at least 4 members (excludes halogenated alkanes) is 1. The number of nitrogens with zero attached hydrogens (tertiary/aromatic N) is 9. The largest absolute Gasteiger partial charge is 2.00 e. The van der Waals surface area contributed by atoms with Gasteiger partial charge in [0.15, 0.2) is 0 Å². The van der Waals surface area contributed by atoms with Crippen LogP contribution in [0.15, 0.2) is 374 Å². The summed E-state index contributed by atoms with van der Waals surface area (Å²) in [4.78, 5) is 22.5. The summed E-state index contributed by atoms with van der Waals surface area (Å²) in [7, 11) is 14.3. The minimum atomic E-state index is -3.60. The van der Waals surface area contributed by atoms with Crippen molar-refractivity contribution in [3.8, 4) is 22.4 Å². The quantitative estimate of drug-likeness (QED) is 0.0454. The Hall–Kier alpha value is -13.1. The van der Waals surface area contributed by atoms with Gasteiger partial charge < -0.3 is 35.2 Å². The molecule has 2 heterocycles. The molecular weight excluding hydrogens is 1800 g/mol. The zero-order chi connectivity index (χ0) is 96.4. The topological polar surface area (TPSA) is 125 Å². The van der Waals surface area contributed by atoms with Crippen LogP contribution < -0.4 is 24.3 Å². The van der Waals surface area contributed by atoms with E-state index >= 15 is 0 Å². The summed E-state index contributed by atoms with van der Waals surface area (Å²) in [5.41, 5.74) is 27.3. The van der Waals surface area contributed by atoms with Gasteiger partial charge in [-0.1, -0.05) is 356 Å². The van der Waals surface area contributed by atoms with Crippen LogP contribution in [0.2, 0.25) is 0 Å². The minimum absolute atomic E-state index is 0. The first-order valence-corrected chi connectivity index (χ1v) is 46.5. The van der Waals surface area contributed by atoms with Gasteiger partial charge in [-0.2, -0.15) is 122 Å². The van der Waals surface area contributed by atoms with E-state index in [4.69, 9.17) is 10.3 Å². The number of aryl methyl sites for hydroxylation is 3. The van der Waals surface area contributed by atoms with Gasteiger partial charge in [-0.25, -0.2) is 8.42 Å². The Kier molecular flexibility index (Phi) is 49.2. The predicted molar refractivity (Wildman–Crippen MR) is 577 cm³/mol. The molecule has 0 amide bonds. The van der Waals surface area contributed by atoms with Gasteiger partial charge in [-0.05, 0) is 156 Å². The van der Waals surface area contributed by atoms with Crippen LogP contribution in [0.3, 0.4) is 0 Å². The van der Waals surface area contributed by atoms with Gasteiger partial charge >= 0.3 is 34.7 Å². The second kappa shape index (κ2) is 58.9. The number of para-hydroxylation sites is 7. The maximum Gasteiger partial charge on any atom is 2.00 e. The van der Waals surface area contributed by atoms with E-state index in [1.165, 1.54) is 66.9 Å². The van der Waals surface area contributed by atoms with Crippen molar-refractivity contribution in [1.29, 1.82) is 0 Å². The number of hydrogen-bond donors (Lipinski definition) is 1. The standard InChI is InChI=1S/C40H37N2.C18H22N2O2S.C10H9N2.4C9H12N.2C8H9.3Cr/c1-27(2)31-22-13-23-32(28(3)4)39(31)42-40(36-21-11-10-20-34(36)29-15-6-5-7-16-29)38-26-14-25-37(41-38)35-24-12-18-30-17-8-9-19-33(30)35;1-3-4-13-19-14-16-7-5-6-8-18(16)20-23(21,22)17-11-9-15(2)10-12-17;1-11-10-7-6-8-4-2-3-5-9(8)12-10;4*1-8-6-4-5-7-9(8)10(2)3;2*1-7-5-3-4-6-8(7)2;;;/h5-28,40H,1-4H3;5-12,14,20H,3-4,13H2,1-2H3;2-7H,1H3;4*4-7H,1H2,2-3H3;2*3-6H,1H2,2H3;;;/q-1;;7*-1;;2*+2. The number of hydrogen-bond acceptors (Lipinski definition) is 9. The summed E-state index contributed by atoms with van der Waals surface area (Å²) in [5.74, 6) is 1.48. The molecule has 16 heteroatoms. The van der Waals surface area contributed by atoms with Gasteiger partial charge in [0.1, 0.15) is 0 Å². The molecule has 16 aromatic rings. The Morgan fingerprint density at radius 3 is 1.27 bits per heavy atom. The van der Waals surface area contributed by atoms with Crippen LogP contribution in [0.5, 0.6) is 0 Å². The maximum absolute atomic E-state index is 12.5. The predicted octanol–water partition coefficient (Wildman–Crippen LogP) is 30.6. The molecule has 2 aromatic heterocycles. The summed E-state index contributed by atoms with van der Waals surface area (Å²) in [5, 5.41) is 13.2. The van der Waals surface area contributed by atoms with Crippen LogP contribution in [0.25, 0.3) is 54.7 Å². The Morgan fingerprint density at radius 1 is 0.404 bits per heavy atom. The second-order valence-electron chi connectivity index (χ2n) is 33.5. The van der Waals surface area contributed by atoms with Gasteiger partial charge in [0.05, 0.1) is 16.3 Å². The first-order valence-electron chi connectivity index (χ1n) is 45.1. The maximum atomic E-state index is 12.5. The molecule has 12 nitrogen and oxygen atoms in total. The van der Waals surface area contributed by atoms with Crippen molar-refractivity contribution in [1.82, 2.24) is 9.97 Å². The number of aromatic nitrogens is 2. The fourth-order valence-electron chi connectivity index (χ4n) is 14.1. The number of benzene rings is 14. The summed E-state index contributed by atoms with van der Waals surface area (Å²) in [6.07, 6.45) is 3.83. The van der Waals surface area contributed by atoms with E-state index in [0.29, 0.717) is 17.5 Å². The number of aliphatic imine (C=N–C) groups is 1. The number of pyridine rings is 2. The van der Waals surface area contributed by atoms with Crippen LogP contribution in [0, 0.1) is 62.3 Å². The third-order valence-electron chi connectivity index (χ3n) is 21.7. The van der Waals surface area contributed by atoms with Crippen molar-refractivity contribution in [3.63, 3.8) is 0 Å². The van der Waals surface area contributed by atoms with Gasteiger partial charge in [-0.15, -0.1) is 54.2 Å². The number of nitrogens with one attached hydrogen (secondary N) is 1. The molecule has 0 saturated heterocycles. The van der Waals surface area contributed by atoms with Crippen LogP contribution in [-0.4, -0.2) is 94.6 Å². The van der Waals surface area contributed by atoms with Crippen LogP contribution >= 0.6 is 0 Å². The molecule has 0 spiro atoms. The van der Waals surface area contributed by atoms with Gasteiger partial charge in [-0.3, -0.25) is 14.7 Å². The van der Waals surface area contributed by atoms with Crippen molar-refractivity contribution in [2.24, 2.45) is 4.99 Å². The average Bonchev–Trinajstić information content (AvgIpc) is 0.780. The van der Waals surface area contributed by atoms with Crippen LogP contribution in [0.1, 0.15) is 143 Å². The number of sulfonamides is 1. The normalized spacial score (nSPS) is 10.5.